The van der Waals surface area contributed by atoms with Crippen LogP contribution in [0.3, 0.4) is 0 Å². The lowest BCUT2D eigenvalue weighted by Gasteiger charge is -2.09. The number of hydrogen-bond donors (Lipinski definition) is 2. The van der Waals surface area contributed by atoms with Crippen molar-refractivity contribution in [1.29, 1.82) is 0 Å². The van der Waals surface area contributed by atoms with E-state index in [-0.39, 0.29) is 5.91 Å². The van der Waals surface area contributed by atoms with Crippen LogP contribution in [0.5, 0.6) is 0 Å². The zero-order valence-corrected chi connectivity index (χ0v) is 10.4. The van der Waals surface area contributed by atoms with Gasteiger partial charge in [0.25, 0.3) is 5.91 Å². The fourth-order valence-electron chi connectivity index (χ4n) is 1.48. The monoisotopic (exact) mass is 233 g/mol. The van der Waals surface area contributed by atoms with E-state index in [1.807, 2.05) is 6.07 Å². The van der Waals surface area contributed by atoms with Crippen molar-refractivity contribution in [3.63, 3.8) is 0 Å². The molecular weight excluding hydrogens is 214 g/mol. The molecule has 92 valence electrons. The van der Waals surface area contributed by atoms with Gasteiger partial charge in [0.2, 0.25) is 0 Å². The number of hydrogen-bond acceptors (Lipinski definition) is 3. The lowest BCUT2D eigenvalue weighted by molar-refractivity contribution is 0.0951. The number of aromatic nitrogens is 1. The van der Waals surface area contributed by atoms with Gasteiger partial charge in [-0.05, 0) is 24.8 Å². The molecule has 1 heterocycles. The summed E-state index contributed by atoms with van der Waals surface area (Å²) < 4.78 is 0. The molecule has 0 aliphatic heterocycles. The largest absolute Gasteiger partial charge is 0.384 e. The zero-order valence-electron chi connectivity index (χ0n) is 10.4. The van der Waals surface area contributed by atoms with Crippen LogP contribution in [-0.4, -0.2) is 23.5 Å². The number of anilines is 1. The molecule has 1 aliphatic carbocycles. The summed E-state index contributed by atoms with van der Waals surface area (Å²) in [5.74, 6) is 0.548. The Balaban J connectivity index is 1.97. The zero-order chi connectivity index (χ0) is 12.3. The molecular formula is C13H19N3O. The lowest BCUT2D eigenvalue weighted by atomic mass is 10.2. The fourth-order valence-corrected chi connectivity index (χ4v) is 1.48. The Labute approximate surface area is 102 Å². The molecule has 0 unspecified atom stereocenters. The van der Waals surface area contributed by atoms with E-state index in [0.717, 1.165) is 25.1 Å². The number of carbonyl (C=O) groups excluding carboxylic acids is 1. The average molecular weight is 233 g/mol. The van der Waals surface area contributed by atoms with Gasteiger partial charge < -0.3 is 10.6 Å². The van der Waals surface area contributed by atoms with Crippen LogP contribution in [0.15, 0.2) is 18.5 Å². The van der Waals surface area contributed by atoms with Crippen LogP contribution in [0.2, 0.25) is 0 Å². The molecule has 4 heteroatoms. The van der Waals surface area contributed by atoms with Gasteiger partial charge in [-0.1, -0.05) is 13.8 Å². The SMILES string of the molecule is CC(C)CNc1cncc(C(=O)NC2CC2)c1. The Morgan fingerprint density at radius 2 is 2.24 bits per heavy atom. The van der Waals surface area contributed by atoms with Gasteiger partial charge >= 0.3 is 0 Å². The van der Waals surface area contributed by atoms with Gasteiger partial charge in [0.05, 0.1) is 11.3 Å². The third-order valence-electron chi connectivity index (χ3n) is 2.63. The maximum atomic E-state index is 11.8. The fraction of sp³-hybridized carbons (Fsp3) is 0.538. The van der Waals surface area contributed by atoms with E-state index in [4.69, 9.17) is 0 Å². The van der Waals surface area contributed by atoms with E-state index < -0.39 is 0 Å². The van der Waals surface area contributed by atoms with Gasteiger partial charge in [-0.15, -0.1) is 0 Å². The second kappa shape index (κ2) is 5.17. The molecule has 4 nitrogen and oxygen atoms in total. The van der Waals surface area contributed by atoms with E-state index in [1.165, 1.54) is 0 Å². The van der Waals surface area contributed by atoms with Gasteiger partial charge in [-0.25, -0.2) is 0 Å². The third kappa shape index (κ3) is 3.73. The van der Waals surface area contributed by atoms with E-state index in [9.17, 15) is 4.79 Å². The Morgan fingerprint density at radius 3 is 2.88 bits per heavy atom. The number of pyridine rings is 1. The molecule has 0 bridgehead atoms. The van der Waals surface area contributed by atoms with Crippen LogP contribution in [0.1, 0.15) is 37.0 Å². The molecule has 0 radical (unpaired) electrons. The first kappa shape index (κ1) is 11.9. The molecule has 1 amide bonds. The predicted molar refractivity (Wildman–Crippen MR) is 68.1 cm³/mol. The molecule has 0 spiro atoms. The Morgan fingerprint density at radius 1 is 1.47 bits per heavy atom. The van der Waals surface area contributed by atoms with Crippen molar-refractivity contribution in [1.82, 2.24) is 10.3 Å². The molecule has 17 heavy (non-hydrogen) atoms. The smallest absolute Gasteiger partial charge is 0.253 e. The standard InChI is InChI=1S/C13H19N3O/c1-9(2)6-15-12-5-10(7-14-8-12)13(17)16-11-3-4-11/h5,7-9,11,15H,3-4,6H2,1-2H3,(H,16,17). The van der Waals surface area contributed by atoms with Crippen molar-refractivity contribution in [2.75, 3.05) is 11.9 Å². The van der Waals surface area contributed by atoms with Crippen LogP contribution in [-0.2, 0) is 0 Å². The highest BCUT2D eigenvalue weighted by molar-refractivity contribution is 5.95. The minimum absolute atomic E-state index is 0.0202. The molecule has 1 saturated carbocycles. The van der Waals surface area contributed by atoms with E-state index in [0.29, 0.717) is 17.5 Å². The first-order chi connectivity index (χ1) is 8.15. The van der Waals surface area contributed by atoms with Crippen molar-refractivity contribution in [2.24, 2.45) is 5.92 Å². The van der Waals surface area contributed by atoms with E-state index in [1.54, 1.807) is 12.4 Å². The molecule has 0 saturated heterocycles. The highest BCUT2D eigenvalue weighted by atomic mass is 16.1. The molecule has 2 N–H and O–H groups in total. The number of nitrogens with zero attached hydrogens (tertiary/aromatic N) is 1. The molecule has 2 rings (SSSR count). The third-order valence-corrected chi connectivity index (χ3v) is 2.63. The number of carbonyl (C=O) groups is 1. The first-order valence-electron chi connectivity index (χ1n) is 6.15. The molecule has 1 aromatic heterocycles. The van der Waals surface area contributed by atoms with Gasteiger partial charge in [-0.2, -0.15) is 0 Å². The summed E-state index contributed by atoms with van der Waals surface area (Å²) in [6.45, 7) is 5.17. The summed E-state index contributed by atoms with van der Waals surface area (Å²) >= 11 is 0. The van der Waals surface area contributed by atoms with Crippen molar-refractivity contribution in [2.45, 2.75) is 32.7 Å². The number of rotatable bonds is 5. The Bertz CT molecular complexity index is 399. The van der Waals surface area contributed by atoms with Crippen LogP contribution >= 0.6 is 0 Å². The minimum Gasteiger partial charge on any atom is -0.384 e. The van der Waals surface area contributed by atoms with Crippen LogP contribution in [0.25, 0.3) is 0 Å². The topological polar surface area (TPSA) is 54.0 Å². The van der Waals surface area contributed by atoms with Gasteiger partial charge in [0, 0.05) is 25.0 Å². The molecule has 0 aromatic carbocycles. The second-order valence-corrected chi connectivity index (χ2v) is 4.98. The summed E-state index contributed by atoms with van der Waals surface area (Å²) in [5.41, 5.74) is 1.54. The number of amides is 1. The quantitative estimate of drug-likeness (QED) is 0.818. The predicted octanol–water partition coefficient (Wildman–Crippen LogP) is 2.04. The summed E-state index contributed by atoms with van der Waals surface area (Å²) in [4.78, 5) is 15.9. The summed E-state index contributed by atoms with van der Waals surface area (Å²) in [6.07, 6.45) is 5.56. The second-order valence-electron chi connectivity index (χ2n) is 4.98. The van der Waals surface area contributed by atoms with Crippen LogP contribution < -0.4 is 10.6 Å². The molecule has 0 atom stereocenters. The summed E-state index contributed by atoms with van der Waals surface area (Å²) in [6, 6.07) is 2.24. The number of nitrogens with one attached hydrogen (secondary N) is 2. The van der Waals surface area contributed by atoms with Gasteiger partial charge in [0.1, 0.15) is 0 Å². The Kier molecular flexibility index (Phi) is 3.61. The highest BCUT2D eigenvalue weighted by Crippen LogP contribution is 2.19. The molecule has 1 fully saturated rings. The normalized spacial score (nSPS) is 14.8. The minimum atomic E-state index is -0.0202. The lowest BCUT2D eigenvalue weighted by Crippen LogP contribution is -2.25. The summed E-state index contributed by atoms with van der Waals surface area (Å²) in [7, 11) is 0. The molecule has 1 aromatic rings. The van der Waals surface area contributed by atoms with Crippen molar-refractivity contribution in [3.05, 3.63) is 24.0 Å². The maximum absolute atomic E-state index is 11.8. The highest BCUT2D eigenvalue weighted by Gasteiger charge is 2.23. The van der Waals surface area contributed by atoms with E-state index >= 15 is 0 Å². The van der Waals surface area contributed by atoms with Gasteiger partial charge in [-0.3, -0.25) is 9.78 Å². The van der Waals surface area contributed by atoms with Crippen LogP contribution in [0.4, 0.5) is 5.69 Å². The van der Waals surface area contributed by atoms with Crippen molar-refractivity contribution in [3.8, 4) is 0 Å². The first-order valence-corrected chi connectivity index (χ1v) is 6.15. The molecule has 1 aliphatic rings. The Hall–Kier alpha value is -1.58. The van der Waals surface area contributed by atoms with Crippen molar-refractivity contribution >= 4 is 11.6 Å². The van der Waals surface area contributed by atoms with E-state index in [2.05, 4.69) is 29.5 Å². The van der Waals surface area contributed by atoms with Gasteiger partial charge in [0.15, 0.2) is 0 Å². The summed E-state index contributed by atoms with van der Waals surface area (Å²) in [5, 5.41) is 6.22. The van der Waals surface area contributed by atoms with Crippen LogP contribution in [0, 0.1) is 5.92 Å². The maximum Gasteiger partial charge on any atom is 0.253 e. The average Bonchev–Trinajstić information content (AvgIpc) is 3.10. The van der Waals surface area contributed by atoms with Crippen molar-refractivity contribution < 1.29 is 4.79 Å².